The van der Waals surface area contributed by atoms with Crippen molar-refractivity contribution in [3.05, 3.63) is 11.9 Å². The van der Waals surface area contributed by atoms with Crippen LogP contribution >= 0.6 is 0 Å². The molecule has 0 saturated carbocycles. The van der Waals surface area contributed by atoms with Crippen LogP contribution in [-0.4, -0.2) is 15.0 Å². The smallest absolute Gasteiger partial charge is 0.0827 e. The molecule has 0 bridgehead atoms. The Bertz CT molecular complexity index is 334. The number of aryl methyl sites for hydroxylation is 2. The van der Waals surface area contributed by atoms with Gasteiger partial charge in [0.1, 0.15) is 0 Å². The lowest BCUT2D eigenvalue weighted by molar-refractivity contribution is 0.376. The van der Waals surface area contributed by atoms with Gasteiger partial charge in [0.25, 0.3) is 0 Å². The van der Waals surface area contributed by atoms with Crippen LogP contribution in [0.4, 0.5) is 0 Å². The average Bonchev–Trinajstić information content (AvgIpc) is 2.68. The van der Waals surface area contributed by atoms with Gasteiger partial charge in [-0.1, -0.05) is 52.7 Å². The summed E-state index contributed by atoms with van der Waals surface area (Å²) in [5, 5.41) is 8.45. The van der Waals surface area contributed by atoms with Gasteiger partial charge >= 0.3 is 0 Å². The molecule has 0 aromatic carbocycles. The third kappa shape index (κ3) is 6.77. The van der Waals surface area contributed by atoms with Gasteiger partial charge in [-0.3, -0.25) is 4.68 Å². The fraction of sp³-hybridized carbons (Fsp3) is 0.867. The molecule has 0 saturated heterocycles. The highest BCUT2D eigenvalue weighted by Crippen LogP contribution is 2.20. The largest absolute Gasteiger partial charge is 0.252 e. The van der Waals surface area contributed by atoms with E-state index in [2.05, 4.69) is 51.1 Å². The van der Waals surface area contributed by atoms with Gasteiger partial charge in [-0.25, -0.2) is 0 Å². The van der Waals surface area contributed by atoms with Crippen LogP contribution in [0.2, 0.25) is 0 Å². The zero-order chi connectivity index (χ0) is 13.6. The fourth-order valence-electron chi connectivity index (χ4n) is 1.89. The second kappa shape index (κ2) is 6.91. The minimum Gasteiger partial charge on any atom is -0.252 e. The van der Waals surface area contributed by atoms with E-state index >= 15 is 0 Å². The molecule has 0 fully saturated rings. The van der Waals surface area contributed by atoms with Crippen molar-refractivity contribution in [2.24, 2.45) is 11.3 Å². The zero-order valence-electron chi connectivity index (χ0n) is 12.7. The van der Waals surface area contributed by atoms with Gasteiger partial charge in [0, 0.05) is 12.7 Å². The van der Waals surface area contributed by atoms with Gasteiger partial charge < -0.3 is 0 Å². The summed E-state index contributed by atoms with van der Waals surface area (Å²) < 4.78 is 2.00. The van der Waals surface area contributed by atoms with Crippen LogP contribution in [0.5, 0.6) is 0 Å². The Hall–Kier alpha value is -0.860. The maximum Gasteiger partial charge on any atom is 0.0827 e. The van der Waals surface area contributed by atoms with E-state index in [1.54, 1.807) is 0 Å². The average molecular weight is 251 g/mol. The summed E-state index contributed by atoms with van der Waals surface area (Å²) in [5.41, 5.74) is 1.51. The number of hydrogen-bond donors (Lipinski definition) is 0. The maximum absolute atomic E-state index is 4.25. The quantitative estimate of drug-likeness (QED) is 0.684. The van der Waals surface area contributed by atoms with Crippen molar-refractivity contribution < 1.29 is 0 Å². The van der Waals surface area contributed by atoms with Crippen molar-refractivity contribution in [3.63, 3.8) is 0 Å². The summed E-state index contributed by atoms with van der Waals surface area (Å²) in [6.45, 7) is 12.4. The van der Waals surface area contributed by atoms with E-state index in [0.717, 1.165) is 24.6 Å². The minimum atomic E-state index is 0.376. The number of nitrogens with zero attached hydrogens (tertiary/aromatic N) is 3. The van der Waals surface area contributed by atoms with E-state index < -0.39 is 0 Å². The topological polar surface area (TPSA) is 30.7 Å². The molecule has 18 heavy (non-hydrogen) atoms. The molecular formula is C15H29N3. The lowest BCUT2D eigenvalue weighted by atomic mass is 9.90. The summed E-state index contributed by atoms with van der Waals surface area (Å²) in [5.74, 6) is 0.808. The summed E-state index contributed by atoms with van der Waals surface area (Å²) in [6.07, 6.45) is 8.12. The standard InChI is InChI=1S/C15H29N3/c1-13(2)8-6-7-11-18-12-14(16-17-18)9-10-15(3,4)5/h12-13H,6-11H2,1-5H3. The summed E-state index contributed by atoms with van der Waals surface area (Å²) >= 11 is 0. The van der Waals surface area contributed by atoms with Gasteiger partial charge in [-0.15, -0.1) is 5.10 Å². The Kier molecular flexibility index (Phi) is 5.83. The molecule has 0 unspecified atom stereocenters. The van der Waals surface area contributed by atoms with Crippen LogP contribution < -0.4 is 0 Å². The van der Waals surface area contributed by atoms with Crippen LogP contribution in [0, 0.1) is 11.3 Å². The molecule has 0 amide bonds. The lowest BCUT2D eigenvalue weighted by Crippen LogP contribution is -2.06. The van der Waals surface area contributed by atoms with E-state index in [-0.39, 0.29) is 0 Å². The first-order valence-electron chi connectivity index (χ1n) is 7.26. The van der Waals surface area contributed by atoms with Gasteiger partial charge in [0.2, 0.25) is 0 Å². The van der Waals surface area contributed by atoms with E-state index in [1.165, 1.54) is 25.7 Å². The molecule has 1 rings (SSSR count). The Labute approximate surface area is 112 Å². The minimum absolute atomic E-state index is 0.376. The van der Waals surface area contributed by atoms with Gasteiger partial charge in [0.05, 0.1) is 5.69 Å². The predicted octanol–water partition coefficient (Wildman–Crippen LogP) is 4.08. The maximum atomic E-state index is 4.25. The third-order valence-electron chi connectivity index (χ3n) is 3.14. The first kappa shape index (κ1) is 15.2. The first-order chi connectivity index (χ1) is 8.37. The van der Waals surface area contributed by atoms with Gasteiger partial charge in [0.15, 0.2) is 0 Å². The Morgan fingerprint density at radius 2 is 1.94 bits per heavy atom. The second-order valence-corrected chi connectivity index (χ2v) is 6.92. The number of unbranched alkanes of at least 4 members (excludes halogenated alkanes) is 1. The van der Waals surface area contributed by atoms with Crippen LogP contribution in [0.15, 0.2) is 6.20 Å². The van der Waals surface area contributed by atoms with Gasteiger partial charge in [-0.05, 0) is 30.6 Å². The summed E-state index contributed by atoms with van der Waals surface area (Å²) in [4.78, 5) is 0. The Morgan fingerprint density at radius 1 is 1.22 bits per heavy atom. The molecule has 0 radical (unpaired) electrons. The molecule has 0 spiro atoms. The Balaban J connectivity index is 2.26. The van der Waals surface area contributed by atoms with E-state index in [4.69, 9.17) is 0 Å². The van der Waals surface area contributed by atoms with Crippen molar-refractivity contribution in [3.8, 4) is 0 Å². The molecule has 3 nitrogen and oxygen atoms in total. The van der Waals surface area contributed by atoms with Crippen LogP contribution in [0.25, 0.3) is 0 Å². The van der Waals surface area contributed by atoms with Crippen LogP contribution in [0.3, 0.4) is 0 Å². The molecule has 1 aromatic rings. The highest BCUT2D eigenvalue weighted by molar-refractivity contribution is 4.93. The normalized spacial score (nSPS) is 12.3. The van der Waals surface area contributed by atoms with Crippen LogP contribution in [0.1, 0.15) is 66.0 Å². The number of aromatic nitrogens is 3. The monoisotopic (exact) mass is 251 g/mol. The number of rotatable bonds is 7. The molecule has 104 valence electrons. The highest BCUT2D eigenvalue weighted by Gasteiger charge is 2.11. The number of hydrogen-bond acceptors (Lipinski definition) is 2. The SMILES string of the molecule is CC(C)CCCCn1cc(CCC(C)(C)C)nn1. The molecule has 1 aromatic heterocycles. The molecular weight excluding hydrogens is 222 g/mol. The molecule has 0 N–H and O–H groups in total. The third-order valence-corrected chi connectivity index (χ3v) is 3.14. The highest BCUT2D eigenvalue weighted by atomic mass is 15.4. The van der Waals surface area contributed by atoms with Gasteiger partial charge in [-0.2, -0.15) is 0 Å². The van der Waals surface area contributed by atoms with Crippen molar-refractivity contribution in [2.75, 3.05) is 0 Å². The van der Waals surface area contributed by atoms with Crippen LogP contribution in [-0.2, 0) is 13.0 Å². The zero-order valence-corrected chi connectivity index (χ0v) is 12.7. The van der Waals surface area contributed by atoms with E-state index in [1.807, 2.05) is 4.68 Å². The summed E-state index contributed by atoms with van der Waals surface area (Å²) in [6, 6.07) is 0. The fourth-order valence-corrected chi connectivity index (χ4v) is 1.89. The molecule has 0 aliphatic carbocycles. The summed E-state index contributed by atoms with van der Waals surface area (Å²) in [7, 11) is 0. The molecule has 3 heteroatoms. The van der Waals surface area contributed by atoms with Crippen molar-refractivity contribution >= 4 is 0 Å². The van der Waals surface area contributed by atoms with E-state index in [0.29, 0.717) is 5.41 Å². The van der Waals surface area contributed by atoms with Crippen molar-refractivity contribution in [1.82, 2.24) is 15.0 Å². The molecule has 1 heterocycles. The predicted molar refractivity (Wildman–Crippen MR) is 76.5 cm³/mol. The molecule has 0 atom stereocenters. The Morgan fingerprint density at radius 3 is 2.56 bits per heavy atom. The molecule has 0 aliphatic heterocycles. The van der Waals surface area contributed by atoms with Crippen molar-refractivity contribution in [1.29, 1.82) is 0 Å². The molecule has 0 aliphatic rings. The lowest BCUT2D eigenvalue weighted by Gasteiger charge is -2.16. The second-order valence-electron chi connectivity index (χ2n) is 6.92. The first-order valence-corrected chi connectivity index (χ1v) is 7.26. The van der Waals surface area contributed by atoms with Crippen molar-refractivity contribution in [2.45, 2.75) is 73.3 Å². The van der Waals surface area contributed by atoms with E-state index in [9.17, 15) is 0 Å².